The predicted octanol–water partition coefficient (Wildman–Crippen LogP) is 2.43. The standard InChI is InChI=1S/C14H24N2O/c1-4-16(5-2)10-11-17-14-8-6-13(7-9-14)12(3)15/h6-9,12H,4-5,10-11,15H2,1-3H3. The molecule has 17 heavy (non-hydrogen) atoms. The molecule has 0 aliphatic heterocycles. The highest BCUT2D eigenvalue weighted by atomic mass is 16.5. The van der Waals surface area contributed by atoms with E-state index in [9.17, 15) is 0 Å². The Morgan fingerprint density at radius 2 is 1.76 bits per heavy atom. The van der Waals surface area contributed by atoms with Crippen LogP contribution in [0.15, 0.2) is 24.3 Å². The third-order valence-corrected chi connectivity index (χ3v) is 2.98. The van der Waals surface area contributed by atoms with Gasteiger partial charge in [-0.15, -0.1) is 0 Å². The van der Waals surface area contributed by atoms with Crippen LogP contribution in [-0.4, -0.2) is 31.1 Å². The second-order valence-corrected chi connectivity index (χ2v) is 4.23. The highest BCUT2D eigenvalue weighted by Crippen LogP contribution is 2.15. The van der Waals surface area contributed by atoms with Crippen molar-refractivity contribution in [3.63, 3.8) is 0 Å². The molecule has 1 rings (SSSR count). The van der Waals surface area contributed by atoms with Crippen molar-refractivity contribution in [1.29, 1.82) is 0 Å². The summed E-state index contributed by atoms with van der Waals surface area (Å²) in [6.45, 7) is 10.2. The minimum Gasteiger partial charge on any atom is -0.492 e. The summed E-state index contributed by atoms with van der Waals surface area (Å²) >= 11 is 0. The van der Waals surface area contributed by atoms with Crippen molar-refractivity contribution in [2.45, 2.75) is 26.8 Å². The molecule has 0 heterocycles. The van der Waals surface area contributed by atoms with E-state index in [0.717, 1.165) is 37.6 Å². The van der Waals surface area contributed by atoms with Crippen LogP contribution in [0.3, 0.4) is 0 Å². The maximum Gasteiger partial charge on any atom is 0.119 e. The summed E-state index contributed by atoms with van der Waals surface area (Å²) in [5.41, 5.74) is 6.93. The Morgan fingerprint density at radius 3 is 2.24 bits per heavy atom. The second-order valence-electron chi connectivity index (χ2n) is 4.23. The third kappa shape index (κ3) is 4.75. The molecule has 0 amide bonds. The minimum absolute atomic E-state index is 0.0831. The van der Waals surface area contributed by atoms with Gasteiger partial charge in [0.25, 0.3) is 0 Å². The molecule has 1 aromatic rings. The third-order valence-electron chi connectivity index (χ3n) is 2.98. The van der Waals surface area contributed by atoms with E-state index in [4.69, 9.17) is 10.5 Å². The Kier molecular flexibility index (Phi) is 6.01. The van der Waals surface area contributed by atoms with Gasteiger partial charge in [-0.1, -0.05) is 26.0 Å². The van der Waals surface area contributed by atoms with Gasteiger partial charge in [-0.05, 0) is 37.7 Å². The van der Waals surface area contributed by atoms with Crippen molar-refractivity contribution in [1.82, 2.24) is 4.90 Å². The first-order valence-corrected chi connectivity index (χ1v) is 6.38. The zero-order valence-corrected chi connectivity index (χ0v) is 11.1. The SMILES string of the molecule is CCN(CC)CCOc1ccc(C(C)N)cc1. The van der Waals surface area contributed by atoms with Crippen LogP contribution >= 0.6 is 0 Å². The summed E-state index contributed by atoms with van der Waals surface area (Å²) in [7, 11) is 0. The van der Waals surface area contributed by atoms with E-state index in [-0.39, 0.29) is 6.04 Å². The highest BCUT2D eigenvalue weighted by molar-refractivity contribution is 5.28. The van der Waals surface area contributed by atoms with Crippen molar-refractivity contribution < 1.29 is 4.74 Å². The number of hydrogen-bond donors (Lipinski definition) is 1. The number of nitrogens with two attached hydrogens (primary N) is 1. The van der Waals surface area contributed by atoms with Crippen LogP contribution in [0.5, 0.6) is 5.75 Å². The maximum atomic E-state index is 5.79. The lowest BCUT2D eigenvalue weighted by atomic mass is 10.1. The van der Waals surface area contributed by atoms with Gasteiger partial charge < -0.3 is 15.4 Å². The van der Waals surface area contributed by atoms with Gasteiger partial charge >= 0.3 is 0 Å². The number of ether oxygens (including phenoxy) is 1. The van der Waals surface area contributed by atoms with Crippen LogP contribution in [-0.2, 0) is 0 Å². The number of rotatable bonds is 7. The van der Waals surface area contributed by atoms with Crippen LogP contribution in [0, 0.1) is 0 Å². The molecule has 0 saturated heterocycles. The fraction of sp³-hybridized carbons (Fsp3) is 0.571. The Balaban J connectivity index is 2.37. The molecule has 1 atom stereocenters. The number of likely N-dealkylation sites (N-methyl/N-ethyl adjacent to an activating group) is 1. The van der Waals surface area contributed by atoms with Crippen molar-refractivity contribution in [2.75, 3.05) is 26.2 Å². The van der Waals surface area contributed by atoms with E-state index in [1.165, 1.54) is 0 Å². The van der Waals surface area contributed by atoms with Gasteiger partial charge in [0.05, 0.1) is 0 Å². The van der Waals surface area contributed by atoms with Crippen LogP contribution in [0.1, 0.15) is 32.4 Å². The molecule has 1 aromatic carbocycles. The molecule has 0 bridgehead atoms. The van der Waals surface area contributed by atoms with E-state index in [2.05, 4.69) is 18.7 Å². The Morgan fingerprint density at radius 1 is 1.18 bits per heavy atom. The summed E-state index contributed by atoms with van der Waals surface area (Å²) in [5.74, 6) is 0.918. The van der Waals surface area contributed by atoms with E-state index in [1.54, 1.807) is 0 Å². The number of hydrogen-bond acceptors (Lipinski definition) is 3. The minimum atomic E-state index is 0.0831. The molecule has 0 aliphatic rings. The van der Waals surface area contributed by atoms with Gasteiger partial charge in [-0.3, -0.25) is 0 Å². The lowest BCUT2D eigenvalue weighted by molar-refractivity contribution is 0.223. The van der Waals surface area contributed by atoms with Crippen LogP contribution < -0.4 is 10.5 Å². The fourth-order valence-electron chi connectivity index (χ4n) is 1.70. The molecule has 0 aliphatic carbocycles. The normalized spacial score (nSPS) is 12.8. The summed E-state index contributed by atoms with van der Waals surface area (Å²) in [6, 6.07) is 8.11. The van der Waals surface area contributed by atoms with Crippen molar-refractivity contribution >= 4 is 0 Å². The summed E-state index contributed by atoms with van der Waals surface area (Å²) in [4.78, 5) is 2.34. The Bertz CT molecular complexity index is 305. The molecule has 3 heteroatoms. The highest BCUT2D eigenvalue weighted by Gasteiger charge is 2.01. The zero-order valence-electron chi connectivity index (χ0n) is 11.1. The molecule has 2 N–H and O–H groups in total. The molecule has 0 aromatic heterocycles. The molecule has 96 valence electrons. The first-order chi connectivity index (χ1) is 8.17. The van der Waals surface area contributed by atoms with E-state index >= 15 is 0 Å². The van der Waals surface area contributed by atoms with Gasteiger partial charge in [0, 0.05) is 12.6 Å². The van der Waals surface area contributed by atoms with Gasteiger partial charge in [-0.2, -0.15) is 0 Å². The van der Waals surface area contributed by atoms with E-state index < -0.39 is 0 Å². The number of nitrogens with zero attached hydrogens (tertiary/aromatic N) is 1. The van der Waals surface area contributed by atoms with Gasteiger partial charge in [0.15, 0.2) is 0 Å². The first kappa shape index (κ1) is 14.0. The van der Waals surface area contributed by atoms with Gasteiger partial charge in [0.2, 0.25) is 0 Å². The monoisotopic (exact) mass is 236 g/mol. The van der Waals surface area contributed by atoms with Crippen molar-refractivity contribution in [2.24, 2.45) is 5.73 Å². The summed E-state index contributed by atoms with van der Waals surface area (Å²) in [5, 5.41) is 0. The second kappa shape index (κ2) is 7.30. The summed E-state index contributed by atoms with van der Waals surface area (Å²) in [6.07, 6.45) is 0. The van der Waals surface area contributed by atoms with E-state index in [0.29, 0.717) is 0 Å². The van der Waals surface area contributed by atoms with Crippen molar-refractivity contribution in [3.8, 4) is 5.75 Å². The Hall–Kier alpha value is -1.06. The van der Waals surface area contributed by atoms with Gasteiger partial charge in [0.1, 0.15) is 12.4 Å². The van der Waals surface area contributed by atoms with Gasteiger partial charge in [-0.25, -0.2) is 0 Å². The Labute approximate surface area is 105 Å². The number of benzene rings is 1. The van der Waals surface area contributed by atoms with E-state index in [1.807, 2.05) is 31.2 Å². The maximum absolute atomic E-state index is 5.79. The summed E-state index contributed by atoms with van der Waals surface area (Å²) < 4.78 is 5.69. The van der Waals surface area contributed by atoms with Crippen LogP contribution in [0.2, 0.25) is 0 Å². The van der Waals surface area contributed by atoms with Crippen LogP contribution in [0.4, 0.5) is 0 Å². The lowest BCUT2D eigenvalue weighted by Gasteiger charge is -2.18. The molecular formula is C14H24N2O. The largest absolute Gasteiger partial charge is 0.492 e. The average molecular weight is 236 g/mol. The molecule has 1 unspecified atom stereocenters. The molecule has 3 nitrogen and oxygen atoms in total. The van der Waals surface area contributed by atoms with Crippen LogP contribution in [0.25, 0.3) is 0 Å². The fourth-order valence-corrected chi connectivity index (χ4v) is 1.70. The quantitative estimate of drug-likeness (QED) is 0.790. The lowest BCUT2D eigenvalue weighted by Crippen LogP contribution is -2.27. The molecule has 0 spiro atoms. The smallest absolute Gasteiger partial charge is 0.119 e. The topological polar surface area (TPSA) is 38.5 Å². The predicted molar refractivity (Wildman–Crippen MR) is 72.3 cm³/mol. The molecule has 0 saturated carbocycles. The zero-order chi connectivity index (χ0) is 12.7. The average Bonchev–Trinajstić information content (AvgIpc) is 2.35. The molecule has 0 radical (unpaired) electrons. The molecule has 0 fully saturated rings. The first-order valence-electron chi connectivity index (χ1n) is 6.38. The molecular weight excluding hydrogens is 212 g/mol. The van der Waals surface area contributed by atoms with Crippen molar-refractivity contribution in [3.05, 3.63) is 29.8 Å².